The minimum atomic E-state index is -0.716. The average molecular weight is 310 g/mol. The van der Waals surface area contributed by atoms with Crippen molar-refractivity contribution >= 4 is 0 Å². The Labute approximate surface area is 138 Å². The van der Waals surface area contributed by atoms with E-state index in [4.69, 9.17) is 5.73 Å². The van der Waals surface area contributed by atoms with Gasteiger partial charge in [-0.15, -0.1) is 0 Å². The molecule has 2 aromatic rings. The van der Waals surface area contributed by atoms with Crippen LogP contribution in [-0.2, 0) is 13.0 Å². The van der Waals surface area contributed by atoms with E-state index in [1.165, 1.54) is 11.1 Å². The lowest BCUT2D eigenvalue weighted by Gasteiger charge is -2.44. The lowest BCUT2D eigenvalue weighted by Crippen LogP contribution is -2.54. The van der Waals surface area contributed by atoms with Gasteiger partial charge in [0, 0.05) is 25.7 Å². The van der Waals surface area contributed by atoms with E-state index in [2.05, 4.69) is 53.4 Å². The maximum absolute atomic E-state index is 10.7. The Morgan fingerprint density at radius 3 is 2.22 bits per heavy atom. The Morgan fingerprint density at radius 2 is 1.61 bits per heavy atom. The van der Waals surface area contributed by atoms with Crippen molar-refractivity contribution in [2.75, 3.05) is 13.1 Å². The molecule has 1 aliphatic heterocycles. The molecule has 3 nitrogen and oxygen atoms in total. The third-order valence-electron chi connectivity index (χ3n) is 4.92. The second-order valence-corrected chi connectivity index (χ2v) is 6.68. The number of likely N-dealkylation sites (tertiary alicyclic amines) is 1. The highest BCUT2D eigenvalue weighted by molar-refractivity contribution is 5.18. The molecule has 3 heteroatoms. The Hall–Kier alpha value is -1.68. The molecule has 1 fully saturated rings. The molecule has 0 aliphatic carbocycles. The van der Waals surface area contributed by atoms with Crippen LogP contribution in [0.25, 0.3) is 0 Å². The monoisotopic (exact) mass is 310 g/mol. The molecule has 0 radical (unpaired) electrons. The minimum Gasteiger partial charge on any atom is -0.388 e. The standard InChI is InChI=1S/C20H26N2O/c21-16-20(23)11-12-22(15-18-9-5-2-6-10-18)19(14-20)13-17-7-3-1-4-8-17/h1-10,19,23H,11-16,21H2. The largest absolute Gasteiger partial charge is 0.388 e. The number of aliphatic hydroxyl groups is 1. The first kappa shape index (κ1) is 16.2. The van der Waals surface area contributed by atoms with E-state index in [1.54, 1.807) is 0 Å². The normalized spacial score (nSPS) is 25.4. The van der Waals surface area contributed by atoms with Crippen LogP contribution in [0, 0.1) is 0 Å². The number of rotatable bonds is 5. The summed E-state index contributed by atoms with van der Waals surface area (Å²) in [7, 11) is 0. The molecule has 2 aromatic carbocycles. The Balaban J connectivity index is 1.76. The highest BCUT2D eigenvalue weighted by Gasteiger charge is 2.37. The highest BCUT2D eigenvalue weighted by Crippen LogP contribution is 2.29. The molecule has 2 unspecified atom stereocenters. The molecule has 122 valence electrons. The van der Waals surface area contributed by atoms with Crippen molar-refractivity contribution in [3.05, 3.63) is 71.8 Å². The van der Waals surface area contributed by atoms with Gasteiger partial charge in [-0.3, -0.25) is 4.90 Å². The predicted molar refractivity (Wildman–Crippen MR) is 94.0 cm³/mol. The van der Waals surface area contributed by atoms with Crippen LogP contribution in [0.2, 0.25) is 0 Å². The summed E-state index contributed by atoms with van der Waals surface area (Å²) >= 11 is 0. The van der Waals surface area contributed by atoms with Gasteiger partial charge in [0.25, 0.3) is 0 Å². The predicted octanol–water partition coefficient (Wildman–Crippen LogP) is 2.58. The fourth-order valence-corrected chi connectivity index (χ4v) is 3.50. The topological polar surface area (TPSA) is 49.5 Å². The molecule has 1 aliphatic rings. The van der Waals surface area contributed by atoms with Crippen molar-refractivity contribution < 1.29 is 5.11 Å². The zero-order chi connectivity index (χ0) is 16.1. The van der Waals surface area contributed by atoms with E-state index in [1.807, 2.05) is 12.1 Å². The van der Waals surface area contributed by atoms with Crippen LogP contribution in [0.15, 0.2) is 60.7 Å². The summed E-state index contributed by atoms with van der Waals surface area (Å²) < 4.78 is 0. The van der Waals surface area contributed by atoms with Crippen LogP contribution >= 0.6 is 0 Å². The summed E-state index contributed by atoms with van der Waals surface area (Å²) in [5, 5.41) is 10.7. The number of piperidine rings is 1. The van der Waals surface area contributed by atoms with E-state index in [9.17, 15) is 5.11 Å². The van der Waals surface area contributed by atoms with E-state index in [0.29, 0.717) is 12.6 Å². The number of nitrogens with two attached hydrogens (primary N) is 1. The summed E-state index contributed by atoms with van der Waals surface area (Å²) in [6.45, 7) is 2.16. The summed E-state index contributed by atoms with van der Waals surface area (Å²) in [4.78, 5) is 2.49. The third kappa shape index (κ3) is 4.20. The van der Waals surface area contributed by atoms with Gasteiger partial charge in [0.2, 0.25) is 0 Å². The number of hydrogen-bond acceptors (Lipinski definition) is 3. The lowest BCUT2D eigenvalue weighted by atomic mass is 9.83. The van der Waals surface area contributed by atoms with Crippen molar-refractivity contribution in [3.63, 3.8) is 0 Å². The van der Waals surface area contributed by atoms with Gasteiger partial charge in [-0.1, -0.05) is 60.7 Å². The molecular formula is C20H26N2O. The van der Waals surface area contributed by atoms with E-state index < -0.39 is 5.60 Å². The summed E-state index contributed by atoms with van der Waals surface area (Å²) in [6.07, 6.45) is 2.45. The SMILES string of the molecule is NCC1(O)CCN(Cc2ccccc2)C(Cc2ccccc2)C1. The van der Waals surface area contributed by atoms with Gasteiger partial charge in [-0.05, 0) is 30.4 Å². The van der Waals surface area contributed by atoms with E-state index in [0.717, 1.165) is 32.4 Å². The van der Waals surface area contributed by atoms with Crippen LogP contribution in [-0.4, -0.2) is 34.7 Å². The first-order valence-corrected chi connectivity index (χ1v) is 8.43. The zero-order valence-corrected chi connectivity index (χ0v) is 13.6. The molecule has 23 heavy (non-hydrogen) atoms. The first-order chi connectivity index (χ1) is 11.2. The maximum Gasteiger partial charge on any atom is 0.0796 e. The zero-order valence-electron chi connectivity index (χ0n) is 13.6. The fourth-order valence-electron chi connectivity index (χ4n) is 3.50. The van der Waals surface area contributed by atoms with Gasteiger partial charge < -0.3 is 10.8 Å². The van der Waals surface area contributed by atoms with Crippen molar-refractivity contribution in [1.82, 2.24) is 4.90 Å². The van der Waals surface area contributed by atoms with E-state index in [-0.39, 0.29) is 0 Å². The van der Waals surface area contributed by atoms with E-state index >= 15 is 0 Å². The molecule has 1 saturated heterocycles. The average Bonchev–Trinajstić information content (AvgIpc) is 2.59. The molecule has 0 amide bonds. The van der Waals surface area contributed by atoms with Gasteiger partial charge in [0.05, 0.1) is 5.60 Å². The number of benzene rings is 2. The quantitative estimate of drug-likeness (QED) is 0.892. The summed E-state index contributed by atoms with van der Waals surface area (Å²) in [5.74, 6) is 0. The number of nitrogens with zero attached hydrogens (tertiary/aromatic N) is 1. The third-order valence-corrected chi connectivity index (χ3v) is 4.92. The fraction of sp³-hybridized carbons (Fsp3) is 0.400. The van der Waals surface area contributed by atoms with Crippen molar-refractivity contribution in [1.29, 1.82) is 0 Å². The molecule has 3 N–H and O–H groups in total. The van der Waals surface area contributed by atoms with Gasteiger partial charge in [-0.25, -0.2) is 0 Å². The van der Waals surface area contributed by atoms with Crippen LogP contribution < -0.4 is 5.73 Å². The molecule has 0 saturated carbocycles. The van der Waals surface area contributed by atoms with Crippen molar-refractivity contribution in [2.24, 2.45) is 5.73 Å². The van der Waals surface area contributed by atoms with Crippen molar-refractivity contribution in [3.8, 4) is 0 Å². The molecule has 0 bridgehead atoms. The van der Waals surface area contributed by atoms with Gasteiger partial charge in [0.1, 0.15) is 0 Å². The Bertz CT molecular complexity index is 602. The maximum atomic E-state index is 10.7. The summed E-state index contributed by atoms with van der Waals surface area (Å²) in [5.41, 5.74) is 7.75. The number of hydrogen-bond donors (Lipinski definition) is 2. The lowest BCUT2D eigenvalue weighted by molar-refractivity contribution is -0.0426. The molecule has 3 rings (SSSR count). The molecule has 1 heterocycles. The van der Waals surface area contributed by atoms with Crippen LogP contribution in [0.1, 0.15) is 24.0 Å². The highest BCUT2D eigenvalue weighted by atomic mass is 16.3. The smallest absolute Gasteiger partial charge is 0.0796 e. The van der Waals surface area contributed by atoms with Crippen LogP contribution in [0.4, 0.5) is 0 Å². The Kier molecular flexibility index (Phi) is 5.11. The van der Waals surface area contributed by atoms with Crippen molar-refractivity contribution in [2.45, 2.75) is 37.5 Å². The van der Waals surface area contributed by atoms with Gasteiger partial charge >= 0.3 is 0 Å². The van der Waals surface area contributed by atoms with Crippen LogP contribution in [0.5, 0.6) is 0 Å². The van der Waals surface area contributed by atoms with Gasteiger partial charge in [-0.2, -0.15) is 0 Å². The minimum absolute atomic E-state index is 0.319. The molecule has 2 atom stereocenters. The van der Waals surface area contributed by atoms with Crippen LogP contribution in [0.3, 0.4) is 0 Å². The summed E-state index contributed by atoms with van der Waals surface area (Å²) in [6, 6.07) is 21.4. The second-order valence-electron chi connectivity index (χ2n) is 6.68. The Morgan fingerprint density at radius 1 is 1.00 bits per heavy atom. The van der Waals surface area contributed by atoms with Gasteiger partial charge in [0.15, 0.2) is 0 Å². The second kappa shape index (κ2) is 7.26. The molecular weight excluding hydrogens is 284 g/mol. The molecule has 0 spiro atoms. The molecule has 0 aromatic heterocycles. The first-order valence-electron chi connectivity index (χ1n) is 8.43.